The van der Waals surface area contributed by atoms with Crippen LogP contribution in [0.4, 0.5) is 0 Å². The number of hydrogen-bond donors (Lipinski definition) is 3. The van der Waals surface area contributed by atoms with E-state index in [1.807, 2.05) is 24.3 Å². The smallest absolute Gasteiger partial charge is 0.0897 e. The van der Waals surface area contributed by atoms with Crippen molar-refractivity contribution in [3.8, 4) is 0 Å². The highest BCUT2D eigenvalue weighted by molar-refractivity contribution is 6.31. The fourth-order valence-electron chi connectivity index (χ4n) is 2.67. The van der Waals surface area contributed by atoms with E-state index in [4.69, 9.17) is 16.3 Å². The molecule has 0 aliphatic heterocycles. The van der Waals surface area contributed by atoms with E-state index in [9.17, 15) is 10.2 Å². The molecule has 1 aromatic rings. The van der Waals surface area contributed by atoms with Gasteiger partial charge >= 0.3 is 0 Å². The van der Waals surface area contributed by atoms with Gasteiger partial charge in [0, 0.05) is 11.6 Å². The summed E-state index contributed by atoms with van der Waals surface area (Å²) in [5.74, 6) is 0.524. The average molecular weight is 314 g/mol. The lowest BCUT2D eigenvalue weighted by atomic mass is 10.1. The summed E-state index contributed by atoms with van der Waals surface area (Å²) >= 11 is 6.03. The monoisotopic (exact) mass is 313 g/mol. The molecule has 0 saturated heterocycles. The van der Waals surface area contributed by atoms with Gasteiger partial charge in [0.1, 0.15) is 0 Å². The second-order valence-corrected chi connectivity index (χ2v) is 6.16. The minimum atomic E-state index is -0.529. The third-order valence-electron chi connectivity index (χ3n) is 3.85. The number of ether oxygens (including phenoxy) is 1. The second-order valence-electron chi connectivity index (χ2n) is 5.75. The van der Waals surface area contributed by atoms with E-state index < -0.39 is 6.10 Å². The molecule has 0 spiro atoms. The average Bonchev–Trinajstić information content (AvgIpc) is 2.87. The van der Waals surface area contributed by atoms with Crippen LogP contribution < -0.4 is 5.32 Å². The van der Waals surface area contributed by atoms with Gasteiger partial charge in [-0.25, -0.2) is 0 Å². The predicted molar refractivity (Wildman–Crippen MR) is 83.3 cm³/mol. The molecule has 2 rings (SSSR count). The summed E-state index contributed by atoms with van der Waals surface area (Å²) in [5, 5.41) is 23.2. The van der Waals surface area contributed by atoms with Gasteiger partial charge in [-0.3, -0.25) is 0 Å². The van der Waals surface area contributed by atoms with E-state index in [0.29, 0.717) is 24.1 Å². The highest BCUT2D eigenvalue weighted by Gasteiger charge is 2.22. The number of benzene rings is 1. The lowest BCUT2D eigenvalue weighted by molar-refractivity contribution is 0.0285. The predicted octanol–water partition coefficient (Wildman–Crippen LogP) is 1.97. The highest BCUT2D eigenvalue weighted by Crippen LogP contribution is 2.24. The Hall–Kier alpha value is -0.650. The van der Waals surface area contributed by atoms with Crippen LogP contribution in [-0.4, -0.2) is 42.1 Å². The third-order valence-corrected chi connectivity index (χ3v) is 4.22. The van der Waals surface area contributed by atoms with Gasteiger partial charge in [0.05, 0.1) is 25.4 Å². The lowest BCUT2D eigenvalue weighted by Crippen LogP contribution is -2.33. The molecule has 1 aliphatic carbocycles. The van der Waals surface area contributed by atoms with Crippen LogP contribution >= 0.6 is 11.6 Å². The maximum absolute atomic E-state index is 9.85. The van der Waals surface area contributed by atoms with Gasteiger partial charge in [0.25, 0.3) is 0 Å². The highest BCUT2D eigenvalue weighted by atomic mass is 35.5. The Balaban J connectivity index is 1.55. The quantitative estimate of drug-likeness (QED) is 0.686. The molecule has 1 saturated carbocycles. The summed E-state index contributed by atoms with van der Waals surface area (Å²) in [7, 11) is 0. The summed E-state index contributed by atoms with van der Waals surface area (Å²) in [6.07, 6.45) is 2.16. The number of halogens is 1. The zero-order valence-electron chi connectivity index (χ0n) is 12.2. The number of rotatable bonds is 8. The number of aliphatic hydroxyl groups excluding tert-OH is 2. The molecule has 4 nitrogen and oxygen atoms in total. The molecule has 5 heteroatoms. The third kappa shape index (κ3) is 5.93. The summed E-state index contributed by atoms with van der Waals surface area (Å²) in [6.45, 7) is 2.05. The fraction of sp³-hybridized carbons (Fsp3) is 0.625. The van der Waals surface area contributed by atoms with Crippen molar-refractivity contribution < 1.29 is 14.9 Å². The first-order valence-electron chi connectivity index (χ1n) is 7.53. The summed E-state index contributed by atoms with van der Waals surface area (Å²) in [5.41, 5.74) is 0.930. The minimum absolute atomic E-state index is 0.138. The summed E-state index contributed by atoms with van der Waals surface area (Å²) in [4.78, 5) is 0. The van der Waals surface area contributed by atoms with Gasteiger partial charge in [0.2, 0.25) is 0 Å². The van der Waals surface area contributed by atoms with Gasteiger partial charge in [-0.05, 0) is 43.4 Å². The molecular weight excluding hydrogens is 290 g/mol. The molecule has 0 amide bonds. The van der Waals surface area contributed by atoms with Crippen molar-refractivity contribution in [3.05, 3.63) is 34.9 Å². The SMILES string of the molecule is OC(CNCC1CCC(O)C1)COCc1ccccc1Cl. The normalized spacial score (nSPS) is 23.4. The van der Waals surface area contributed by atoms with Crippen molar-refractivity contribution in [3.63, 3.8) is 0 Å². The van der Waals surface area contributed by atoms with Crippen molar-refractivity contribution in [1.82, 2.24) is 5.32 Å². The number of aliphatic hydroxyl groups is 2. The van der Waals surface area contributed by atoms with Gasteiger partial charge in [-0.15, -0.1) is 0 Å². The molecule has 3 N–H and O–H groups in total. The Morgan fingerprint density at radius 1 is 1.33 bits per heavy atom. The molecule has 118 valence electrons. The summed E-state index contributed by atoms with van der Waals surface area (Å²) < 4.78 is 5.49. The first-order valence-corrected chi connectivity index (χ1v) is 7.91. The van der Waals surface area contributed by atoms with E-state index in [0.717, 1.165) is 31.4 Å². The standard InChI is InChI=1S/C16H24ClNO3/c17-16-4-2-1-3-13(16)10-21-11-15(20)9-18-8-12-5-6-14(19)7-12/h1-4,12,14-15,18-20H,5-11H2. The van der Waals surface area contributed by atoms with Crippen LogP contribution in [-0.2, 0) is 11.3 Å². The number of hydrogen-bond acceptors (Lipinski definition) is 4. The van der Waals surface area contributed by atoms with E-state index in [1.165, 1.54) is 0 Å². The number of nitrogens with one attached hydrogen (secondary N) is 1. The second kappa shape index (κ2) is 8.71. The lowest BCUT2D eigenvalue weighted by Gasteiger charge is -2.15. The Morgan fingerprint density at radius 2 is 2.14 bits per heavy atom. The molecule has 3 unspecified atom stereocenters. The maximum Gasteiger partial charge on any atom is 0.0897 e. The van der Waals surface area contributed by atoms with E-state index in [2.05, 4.69) is 5.32 Å². The van der Waals surface area contributed by atoms with E-state index in [1.54, 1.807) is 0 Å². The van der Waals surface area contributed by atoms with Crippen molar-refractivity contribution in [2.24, 2.45) is 5.92 Å². The zero-order chi connectivity index (χ0) is 15.1. The van der Waals surface area contributed by atoms with Crippen molar-refractivity contribution in [2.75, 3.05) is 19.7 Å². The molecule has 1 aliphatic rings. The Kier molecular flexibility index (Phi) is 6.93. The van der Waals surface area contributed by atoms with Gasteiger partial charge < -0.3 is 20.3 Å². The maximum atomic E-state index is 9.85. The molecule has 0 aromatic heterocycles. The Morgan fingerprint density at radius 3 is 2.86 bits per heavy atom. The first kappa shape index (κ1) is 16.7. The molecule has 1 fully saturated rings. The van der Waals surface area contributed by atoms with Crippen LogP contribution in [0, 0.1) is 5.92 Å². The van der Waals surface area contributed by atoms with Crippen LogP contribution in [0.1, 0.15) is 24.8 Å². The van der Waals surface area contributed by atoms with E-state index >= 15 is 0 Å². The molecule has 0 heterocycles. The van der Waals surface area contributed by atoms with Crippen molar-refractivity contribution in [1.29, 1.82) is 0 Å². The van der Waals surface area contributed by atoms with Gasteiger partial charge in [0.15, 0.2) is 0 Å². The van der Waals surface area contributed by atoms with Gasteiger partial charge in [-0.2, -0.15) is 0 Å². The largest absolute Gasteiger partial charge is 0.393 e. The molecule has 0 bridgehead atoms. The van der Waals surface area contributed by atoms with Gasteiger partial charge in [-0.1, -0.05) is 29.8 Å². The Labute approximate surface area is 131 Å². The van der Waals surface area contributed by atoms with Crippen LogP contribution in [0.15, 0.2) is 24.3 Å². The molecule has 0 radical (unpaired) electrons. The minimum Gasteiger partial charge on any atom is -0.393 e. The Bertz CT molecular complexity index is 430. The van der Waals surface area contributed by atoms with Crippen LogP contribution in [0.2, 0.25) is 5.02 Å². The van der Waals surface area contributed by atoms with Crippen molar-refractivity contribution >= 4 is 11.6 Å². The molecular formula is C16H24ClNO3. The van der Waals surface area contributed by atoms with Crippen LogP contribution in [0.25, 0.3) is 0 Å². The van der Waals surface area contributed by atoms with Crippen LogP contribution in [0.3, 0.4) is 0 Å². The summed E-state index contributed by atoms with van der Waals surface area (Å²) in [6, 6.07) is 7.54. The molecule has 1 aromatic carbocycles. The first-order chi connectivity index (χ1) is 10.1. The van der Waals surface area contributed by atoms with E-state index in [-0.39, 0.29) is 12.7 Å². The van der Waals surface area contributed by atoms with Crippen LogP contribution in [0.5, 0.6) is 0 Å². The molecule has 21 heavy (non-hydrogen) atoms. The zero-order valence-corrected chi connectivity index (χ0v) is 12.9. The van der Waals surface area contributed by atoms with Crippen molar-refractivity contribution in [2.45, 2.75) is 38.1 Å². The molecule has 3 atom stereocenters. The fourth-order valence-corrected chi connectivity index (χ4v) is 2.86. The topological polar surface area (TPSA) is 61.7 Å².